The van der Waals surface area contributed by atoms with Gasteiger partial charge in [-0.2, -0.15) is 0 Å². The molecule has 23 heavy (non-hydrogen) atoms. The molecule has 0 spiro atoms. The van der Waals surface area contributed by atoms with Gasteiger partial charge in [0.2, 0.25) is 5.91 Å². The fraction of sp³-hybridized carbons (Fsp3) is 0.467. The normalized spacial score (nSPS) is 13.5. The number of hydrogen-bond acceptors (Lipinski definition) is 5. The van der Waals surface area contributed by atoms with Crippen LogP contribution in [0, 0.1) is 10.1 Å². The molecule has 0 atom stereocenters. The Balaban J connectivity index is 2.08. The Hall–Kier alpha value is -2.64. The molecule has 8 heteroatoms. The van der Waals surface area contributed by atoms with Crippen molar-refractivity contribution in [2.75, 3.05) is 11.9 Å². The highest BCUT2D eigenvalue weighted by Crippen LogP contribution is 2.26. The molecule has 0 aromatic heterocycles. The average Bonchev–Trinajstić information content (AvgIpc) is 3.28. The predicted octanol–water partition coefficient (Wildman–Crippen LogP) is 1.42. The largest absolute Gasteiger partial charge is 0.371 e. The summed E-state index contributed by atoms with van der Waals surface area (Å²) >= 11 is 0. The molecule has 0 bridgehead atoms. The van der Waals surface area contributed by atoms with Gasteiger partial charge in [0.05, 0.1) is 11.5 Å². The Morgan fingerprint density at radius 1 is 1.35 bits per heavy atom. The van der Waals surface area contributed by atoms with Gasteiger partial charge in [-0.25, -0.2) is 0 Å². The van der Waals surface area contributed by atoms with Gasteiger partial charge in [0.15, 0.2) is 0 Å². The van der Waals surface area contributed by atoms with Crippen molar-refractivity contribution in [3.05, 3.63) is 33.9 Å². The molecule has 1 saturated carbocycles. The van der Waals surface area contributed by atoms with Crippen LogP contribution in [-0.4, -0.2) is 35.4 Å². The van der Waals surface area contributed by atoms with Gasteiger partial charge in [0, 0.05) is 23.7 Å². The average molecular weight is 320 g/mol. The standard InChI is InChI=1S/C15H20N4O4/c1-9(2)17-14(20)8-16-12-6-3-10(7-13(12)19(22)23)15(21)18-11-4-5-11/h3,6-7,9,11,16H,4-5,8H2,1-2H3,(H,17,20)(H,18,21). The Morgan fingerprint density at radius 3 is 2.61 bits per heavy atom. The van der Waals surface area contributed by atoms with Crippen molar-refractivity contribution in [1.29, 1.82) is 0 Å². The van der Waals surface area contributed by atoms with Gasteiger partial charge in [-0.3, -0.25) is 19.7 Å². The molecular formula is C15H20N4O4. The van der Waals surface area contributed by atoms with E-state index in [2.05, 4.69) is 16.0 Å². The highest BCUT2D eigenvalue weighted by Gasteiger charge is 2.25. The van der Waals surface area contributed by atoms with Crippen molar-refractivity contribution in [2.45, 2.75) is 38.8 Å². The number of amides is 2. The molecule has 1 aliphatic rings. The SMILES string of the molecule is CC(C)NC(=O)CNc1ccc(C(=O)NC2CC2)cc1[N+](=O)[O-]. The summed E-state index contributed by atoms with van der Waals surface area (Å²) in [4.78, 5) is 34.2. The van der Waals surface area contributed by atoms with Crippen LogP contribution in [0.5, 0.6) is 0 Å². The summed E-state index contributed by atoms with van der Waals surface area (Å²) < 4.78 is 0. The van der Waals surface area contributed by atoms with Crippen molar-refractivity contribution in [2.24, 2.45) is 0 Å². The van der Waals surface area contributed by atoms with Crippen LogP contribution >= 0.6 is 0 Å². The van der Waals surface area contributed by atoms with Crippen molar-refractivity contribution in [3.8, 4) is 0 Å². The van der Waals surface area contributed by atoms with Crippen molar-refractivity contribution in [3.63, 3.8) is 0 Å². The maximum atomic E-state index is 12.0. The molecule has 8 nitrogen and oxygen atoms in total. The van der Waals surface area contributed by atoms with Crippen LogP contribution in [0.15, 0.2) is 18.2 Å². The van der Waals surface area contributed by atoms with E-state index >= 15 is 0 Å². The van der Waals surface area contributed by atoms with E-state index in [-0.39, 0.29) is 47.4 Å². The van der Waals surface area contributed by atoms with Gasteiger partial charge in [-0.05, 0) is 38.8 Å². The van der Waals surface area contributed by atoms with E-state index in [1.54, 1.807) is 0 Å². The third kappa shape index (κ3) is 4.94. The van der Waals surface area contributed by atoms with E-state index in [1.165, 1.54) is 18.2 Å². The minimum atomic E-state index is -0.573. The number of nitrogens with one attached hydrogen (secondary N) is 3. The first-order valence-electron chi connectivity index (χ1n) is 7.49. The number of carbonyl (C=O) groups is 2. The number of rotatable bonds is 7. The lowest BCUT2D eigenvalue weighted by atomic mass is 10.1. The van der Waals surface area contributed by atoms with Crippen LogP contribution in [0.25, 0.3) is 0 Å². The minimum Gasteiger partial charge on any atom is -0.371 e. The lowest BCUT2D eigenvalue weighted by Crippen LogP contribution is -2.34. The number of anilines is 1. The molecule has 1 aliphatic carbocycles. The highest BCUT2D eigenvalue weighted by atomic mass is 16.6. The fourth-order valence-electron chi connectivity index (χ4n) is 2.02. The fourth-order valence-corrected chi connectivity index (χ4v) is 2.02. The zero-order chi connectivity index (χ0) is 17.0. The van der Waals surface area contributed by atoms with Crippen LogP contribution in [0.3, 0.4) is 0 Å². The number of nitro benzene ring substituents is 1. The van der Waals surface area contributed by atoms with Crippen LogP contribution in [-0.2, 0) is 4.79 Å². The van der Waals surface area contributed by atoms with Crippen molar-refractivity contribution >= 4 is 23.2 Å². The maximum Gasteiger partial charge on any atom is 0.293 e. The Labute approximate surface area is 133 Å². The van der Waals surface area contributed by atoms with E-state index in [9.17, 15) is 19.7 Å². The van der Waals surface area contributed by atoms with Crippen LogP contribution in [0.1, 0.15) is 37.0 Å². The number of hydrogen-bond donors (Lipinski definition) is 3. The second kappa shape index (κ2) is 7.08. The molecule has 1 aromatic rings. The molecule has 0 aliphatic heterocycles. The number of carbonyl (C=O) groups excluding carboxylic acids is 2. The van der Waals surface area contributed by atoms with Gasteiger partial charge < -0.3 is 16.0 Å². The lowest BCUT2D eigenvalue weighted by Gasteiger charge is -2.11. The predicted molar refractivity (Wildman–Crippen MR) is 85.4 cm³/mol. The smallest absolute Gasteiger partial charge is 0.293 e. The number of nitro groups is 1. The number of nitrogens with zero attached hydrogens (tertiary/aromatic N) is 1. The van der Waals surface area contributed by atoms with Gasteiger partial charge in [-0.15, -0.1) is 0 Å². The molecule has 2 rings (SSSR count). The maximum absolute atomic E-state index is 12.0. The topological polar surface area (TPSA) is 113 Å². The first-order valence-corrected chi connectivity index (χ1v) is 7.49. The quantitative estimate of drug-likeness (QED) is 0.519. The van der Waals surface area contributed by atoms with Gasteiger partial charge in [0.1, 0.15) is 5.69 Å². The monoisotopic (exact) mass is 320 g/mol. The summed E-state index contributed by atoms with van der Waals surface area (Å²) in [6, 6.07) is 4.35. The number of benzene rings is 1. The Bertz CT molecular complexity index is 626. The Morgan fingerprint density at radius 2 is 2.04 bits per heavy atom. The zero-order valence-electron chi connectivity index (χ0n) is 13.1. The molecule has 1 fully saturated rings. The first kappa shape index (κ1) is 16.7. The zero-order valence-corrected chi connectivity index (χ0v) is 13.1. The molecule has 124 valence electrons. The van der Waals surface area contributed by atoms with E-state index in [0.29, 0.717) is 0 Å². The van der Waals surface area contributed by atoms with E-state index in [4.69, 9.17) is 0 Å². The van der Waals surface area contributed by atoms with E-state index in [1.807, 2.05) is 13.8 Å². The first-order chi connectivity index (χ1) is 10.9. The second-order valence-corrected chi connectivity index (χ2v) is 5.81. The summed E-state index contributed by atoms with van der Waals surface area (Å²) in [7, 11) is 0. The molecule has 3 N–H and O–H groups in total. The molecule has 0 unspecified atom stereocenters. The highest BCUT2D eigenvalue weighted by molar-refractivity contribution is 5.96. The summed E-state index contributed by atoms with van der Waals surface area (Å²) in [5.41, 5.74) is 0.212. The van der Waals surface area contributed by atoms with Gasteiger partial charge in [0.25, 0.3) is 11.6 Å². The van der Waals surface area contributed by atoms with Crippen LogP contribution in [0.2, 0.25) is 0 Å². The molecule has 1 aromatic carbocycles. The molecular weight excluding hydrogens is 300 g/mol. The van der Waals surface area contributed by atoms with Crippen molar-refractivity contribution in [1.82, 2.24) is 10.6 Å². The summed E-state index contributed by atoms with van der Waals surface area (Å²) in [5, 5.41) is 19.4. The summed E-state index contributed by atoms with van der Waals surface area (Å²) in [5.74, 6) is -0.579. The van der Waals surface area contributed by atoms with Crippen LogP contribution < -0.4 is 16.0 Å². The molecule has 0 saturated heterocycles. The Kier molecular flexibility index (Phi) is 5.15. The minimum absolute atomic E-state index is 0.00668. The molecule has 2 amide bonds. The van der Waals surface area contributed by atoms with Crippen LogP contribution in [0.4, 0.5) is 11.4 Å². The van der Waals surface area contributed by atoms with E-state index < -0.39 is 4.92 Å². The third-order valence-electron chi connectivity index (χ3n) is 3.26. The molecule has 0 heterocycles. The second-order valence-electron chi connectivity index (χ2n) is 5.81. The van der Waals surface area contributed by atoms with Gasteiger partial charge in [-0.1, -0.05) is 0 Å². The third-order valence-corrected chi connectivity index (χ3v) is 3.26. The lowest BCUT2D eigenvalue weighted by molar-refractivity contribution is -0.384. The summed E-state index contributed by atoms with van der Waals surface area (Å²) in [6.07, 6.45) is 1.89. The van der Waals surface area contributed by atoms with Gasteiger partial charge >= 0.3 is 0 Å². The molecule has 0 radical (unpaired) electrons. The van der Waals surface area contributed by atoms with Crippen molar-refractivity contribution < 1.29 is 14.5 Å². The summed E-state index contributed by atoms with van der Waals surface area (Å²) in [6.45, 7) is 3.58. The van der Waals surface area contributed by atoms with E-state index in [0.717, 1.165) is 12.8 Å².